The molecule has 1 amide bonds. The van der Waals surface area contributed by atoms with Crippen LogP contribution in [0, 0.1) is 13.8 Å². The summed E-state index contributed by atoms with van der Waals surface area (Å²) < 4.78 is 5.53. The minimum atomic E-state index is -0.291. The number of anilines is 1. The highest BCUT2D eigenvalue weighted by Gasteiger charge is 2.11. The molecule has 0 aliphatic heterocycles. The van der Waals surface area contributed by atoms with Crippen molar-refractivity contribution in [2.24, 2.45) is 0 Å². The third-order valence-corrected chi connectivity index (χ3v) is 4.96. The highest BCUT2D eigenvalue weighted by atomic mass is 35.5. The van der Waals surface area contributed by atoms with Crippen LogP contribution in [0.4, 0.5) is 5.13 Å². The molecule has 128 valence electrons. The second kappa shape index (κ2) is 7.63. The third-order valence-electron chi connectivity index (χ3n) is 3.47. The Balaban J connectivity index is 1.59. The van der Waals surface area contributed by atoms with Gasteiger partial charge in [-0.05, 0) is 37.1 Å². The van der Waals surface area contributed by atoms with Crippen LogP contribution in [0.1, 0.15) is 11.1 Å². The highest BCUT2D eigenvalue weighted by Crippen LogP contribution is 2.27. The number of aromatic nitrogens is 2. The summed E-state index contributed by atoms with van der Waals surface area (Å²) in [6, 6.07) is 13.3. The third kappa shape index (κ3) is 4.35. The molecule has 0 saturated carbocycles. The van der Waals surface area contributed by atoms with E-state index in [1.807, 2.05) is 44.2 Å². The van der Waals surface area contributed by atoms with Crippen molar-refractivity contribution in [3.05, 3.63) is 58.6 Å². The Morgan fingerprint density at radius 2 is 1.84 bits per heavy atom. The number of rotatable bonds is 5. The van der Waals surface area contributed by atoms with Gasteiger partial charge in [0.15, 0.2) is 6.61 Å². The Morgan fingerprint density at radius 3 is 2.52 bits per heavy atom. The molecule has 0 aliphatic carbocycles. The Morgan fingerprint density at radius 1 is 1.16 bits per heavy atom. The number of ether oxygens (including phenoxy) is 1. The van der Waals surface area contributed by atoms with Gasteiger partial charge < -0.3 is 4.74 Å². The van der Waals surface area contributed by atoms with E-state index in [-0.39, 0.29) is 12.5 Å². The fourth-order valence-electron chi connectivity index (χ4n) is 2.26. The predicted molar refractivity (Wildman–Crippen MR) is 100 cm³/mol. The molecule has 2 aromatic carbocycles. The van der Waals surface area contributed by atoms with E-state index >= 15 is 0 Å². The van der Waals surface area contributed by atoms with E-state index in [9.17, 15) is 4.79 Å². The van der Waals surface area contributed by atoms with Crippen LogP contribution in [-0.4, -0.2) is 22.7 Å². The van der Waals surface area contributed by atoms with E-state index < -0.39 is 0 Å². The van der Waals surface area contributed by atoms with Crippen LogP contribution in [0.15, 0.2) is 42.5 Å². The van der Waals surface area contributed by atoms with Crippen LogP contribution >= 0.6 is 22.9 Å². The van der Waals surface area contributed by atoms with Crippen molar-refractivity contribution in [3.8, 4) is 16.3 Å². The number of carbonyl (C=O) groups excluding carboxylic acids is 1. The van der Waals surface area contributed by atoms with Gasteiger partial charge in [0.05, 0.1) is 0 Å². The highest BCUT2D eigenvalue weighted by molar-refractivity contribution is 7.18. The van der Waals surface area contributed by atoms with Crippen molar-refractivity contribution in [1.82, 2.24) is 10.2 Å². The van der Waals surface area contributed by atoms with Gasteiger partial charge in [-0.3, -0.25) is 10.1 Å². The zero-order chi connectivity index (χ0) is 17.8. The number of aryl methyl sites for hydroxylation is 2. The fraction of sp³-hybridized carbons (Fsp3) is 0.167. The lowest BCUT2D eigenvalue weighted by molar-refractivity contribution is -0.118. The maximum Gasteiger partial charge on any atom is 0.264 e. The van der Waals surface area contributed by atoms with Crippen molar-refractivity contribution in [1.29, 1.82) is 0 Å². The summed E-state index contributed by atoms with van der Waals surface area (Å²) in [6.07, 6.45) is 0. The van der Waals surface area contributed by atoms with Crippen LogP contribution in [0.3, 0.4) is 0 Å². The van der Waals surface area contributed by atoms with E-state index in [1.54, 1.807) is 12.1 Å². The van der Waals surface area contributed by atoms with Gasteiger partial charge in [-0.15, -0.1) is 10.2 Å². The number of amides is 1. The van der Waals surface area contributed by atoms with E-state index in [0.29, 0.717) is 15.9 Å². The Kier molecular flexibility index (Phi) is 5.31. The van der Waals surface area contributed by atoms with Crippen LogP contribution < -0.4 is 10.1 Å². The molecule has 25 heavy (non-hydrogen) atoms. The first kappa shape index (κ1) is 17.4. The monoisotopic (exact) mass is 373 g/mol. The average Bonchev–Trinajstić information content (AvgIpc) is 3.07. The molecule has 0 bridgehead atoms. The van der Waals surface area contributed by atoms with Crippen molar-refractivity contribution >= 4 is 34.0 Å². The van der Waals surface area contributed by atoms with E-state index in [4.69, 9.17) is 16.3 Å². The molecular formula is C18H16ClN3O2S. The second-order valence-corrected chi connectivity index (χ2v) is 6.84. The summed E-state index contributed by atoms with van der Waals surface area (Å²) >= 11 is 7.44. The minimum Gasteiger partial charge on any atom is -0.484 e. The summed E-state index contributed by atoms with van der Waals surface area (Å²) in [5, 5.41) is 12.7. The van der Waals surface area contributed by atoms with Crippen LogP contribution in [0.5, 0.6) is 5.75 Å². The largest absolute Gasteiger partial charge is 0.484 e. The van der Waals surface area contributed by atoms with Crippen LogP contribution in [0.25, 0.3) is 10.6 Å². The van der Waals surface area contributed by atoms with E-state index in [0.717, 1.165) is 21.7 Å². The van der Waals surface area contributed by atoms with Crippen LogP contribution in [0.2, 0.25) is 5.02 Å². The van der Waals surface area contributed by atoms with E-state index in [1.165, 1.54) is 11.3 Å². The number of nitrogens with zero attached hydrogens (tertiary/aromatic N) is 2. The molecule has 3 rings (SSSR count). The molecule has 1 aromatic heterocycles. The fourth-order valence-corrected chi connectivity index (χ4v) is 3.14. The van der Waals surface area contributed by atoms with Crippen molar-refractivity contribution in [2.45, 2.75) is 13.8 Å². The number of benzene rings is 2. The smallest absolute Gasteiger partial charge is 0.264 e. The summed E-state index contributed by atoms with van der Waals surface area (Å²) in [5.74, 6) is 0.317. The number of halogens is 1. The molecule has 3 aromatic rings. The Bertz CT molecular complexity index is 873. The van der Waals surface area contributed by atoms with Gasteiger partial charge in [0, 0.05) is 10.6 Å². The van der Waals surface area contributed by atoms with Gasteiger partial charge >= 0.3 is 0 Å². The summed E-state index contributed by atoms with van der Waals surface area (Å²) in [5.41, 5.74) is 2.78. The van der Waals surface area contributed by atoms with Gasteiger partial charge in [-0.2, -0.15) is 0 Å². The molecule has 7 heteroatoms. The number of hydrogen-bond donors (Lipinski definition) is 1. The molecular weight excluding hydrogens is 358 g/mol. The van der Waals surface area contributed by atoms with Gasteiger partial charge in [0.1, 0.15) is 10.8 Å². The quantitative estimate of drug-likeness (QED) is 0.715. The standard InChI is InChI=1S/C18H16ClN3O2S/c1-11-8-14(9-12(2)16(11)19)24-10-15(23)20-18-22-21-17(25-18)13-6-4-3-5-7-13/h3-9H,10H2,1-2H3,(H,20,22,23). The molecule has 0 unspecified atom stereocenters. The number of carbonyl (C=O) groups is 1. The van der Waals surface area contributed by atoms with Crippen molar-refractivity contribution in [3.63, 3.8) is 0 Å². The first-order chi connectivity index (χ1) is 12.0. The molecule has 0 saturated heterocycles. The van der Waals surface area contributed by atoms with Crippen LogP contribution in [-0.2, 0) is 4.79 Å². The minimum absolute atomic E-state index is 0.110. The van der Waals surface area contributed by atoms with Gasteiger partial charge in [-0.25, -0.2) is 0 Å². The van der Waals surface area contributed by atoms with E-state index in [2.05, 4.69) is 15.5 Å². The molecule has 1 heterocycles. The van der Waals surface area contributed by atoms with Gasteiger partial charge in [0.2, 0.25) is 5.13 Å². The summed E-state index contributed by atoms with van der Waals surface area (Å²) in [6.45, 7) is 3.68. The van der Waals surface area contributed by atoms with Gasteiger partial charge in [-0.1, -0.05) is 53.3 Å². The lowest BCUT2D eigenvalue weighted by Gasteiger charge is -2.09. The molecule has 0 radical (unpaired) electrons. The second-order valence-electron chi connectivity index (χ2n) is 5.49. The molecule has 0 fully saturated rings. The maximum absolute atomic E-state index is 12.0. The molecule has 5 nitrogen and oxygen atoms in total. The number of hydrogen-bond acceptors (Lipinski definition) is 5. The van der Waals surface area contributed by atoms with Gasteiger partial charge in [0.25, 0.3) is 5.91 Å². The molecule has 0 aliphatic rings. The Labute approximate surface area is 154 Å². The number of nitrogens with one attached hydrogen (secondary N) is 1. The maximum atomic E-state index is 12.0. The average molecular weight is 374 g/mol. The Hall–Kier alpha value is -2.44. The first-order valence-electron chi connectivity index (χ1n) is 7.61. The van der Waals surface area contributed by atoms with Crippen molar-refractivity contribution in [2.75, 3.05) is 11.9 Å². The van der Waals surface area contributed by atoms with Crippen molar-refractivity contribution < 1.29 is 9.53 Å². The zero-order valence-electron chi connectivity index (χ0n) is 13.7. The summed E-state index contributed by atoms with van der Waals surface area (Å²) in [7, 11) is 0. The topological polar surface area (TPSA) is 64.1 Å². The molecule has 0 spiro atoms. The SMILES string of the molecule is Cc1cc(OCC(=O)Nc2nnc(-c3ccccc3)s2)cc(C)c1Cl. The predicted octanol–water partition coefficient (Wildman–Crippen LogP) is 4.49. The lowest BCUT2D eigenvalue weighted by atomic mass is 10.1. The normalized spacial score (nSPS) is 10.5. The molecule has 1 N–H and O–H groups in total. The zero-order valence-corrected chi connectivity index (χ0v) is 15.3. The first-order valence-corrected chi connectivity index (χ1v) is 8.80. The summed E-state index contributed by atoms with van der Waals surface area (Å²) in [4.78, 5) is 12.0. The lowest BCUT2D eigenvalue weighted by Crippen LogP contribution is -2.20. The molecule has 0 atom stereocenters.